The van der Waals surface area contributed by atoms with Gasteiger partial charge in [0.25, 0.3) is 0 Å². The molecule has 1 aliphatic carbocycles. The number of rotatable bonds is 1. The average Bonchev–Trinajstić information content (AvgIpc) is 2.36. The maximum atomic E-state index is 5.28. The van der Waals surface area contributed by atoms with Gasteiger partial charge in [-0.3, -0.25) is 0 Å². The minimum absolute atomic E-state index is 0.240. The predicted octanol–water partition coefficient (Wildman–Crippen LogP) is 2.36. The second-order valence-corrected chi connectivity index (χ2v) is 4.26. The van der Waals surface area contributed by atoms with Crippen LogP contribution in [0.25, 0.3) is 0 Å². The van der Waals surface area contributed by atoms with Crippen molar-refractivity contribution in [1.82, 2.24) is 4.98 Å². The van der Waals surface area contributed by atoms with Gasteiger partial charge in [0.2, 0.25) is 0 Å². The van der Waals surface area contributed by atoms with Gasteiger partial charge in [-0.15, -0.1) is 0 Å². The summed E-state index contributed by atoms with van der Waals surface area (Å²) in [5.41, 5.74) is 0.635. The molecule has 1 fully saturated rings. The Labute approximate surface area is 66.6 Å². The van der Waals surface area contributed by atoms with E-state index in [0.29, 0.717) is 5.41 Å². The van der Waals surface area contributed by atoms with Crippen molar-refractivity contribution < 1.29 is 4.42 Å². The van der Waals surface area contributed by atoms with Gasteiger partial charge < -0.3 is 4.42 Å². The van der Waals surface area contributed by atoms with Gasteiger partial charge in [0.1, 0.15) is 5.76 Å². The standard InChI is InChI=1S/C9H13NO/c1-8(2)5-9(8,3)7-4-10-6-11-7/h4,6H,5H2,1-3H3. The van der Waals surface area contributed by atoms with Crippen LogP contribution >= 0.6 is 0 Å². The lowest BCUT2D eigenvalue weighted by Gasteiger charge is -2.09. The van der Waals surface area contributed by atoms with E-state index in [9.17, 15) is 0 Å². The maximum absolute atomic E-state index is 5.28. The third-order valence-electron chi connectivity index (χ3n) is 3.14. The molecule has 1 unspecified atom stereocenters. The molecule has 0 N–H and O–H groups in total. The summed E-state index contributed by atoms with van der Waals surface area (Å²) in [6.45, 7) is 6.75. The van der Waals surface area contributed by atoms with Crippen LogP contribution in [0.2, 0.25) is 0 Å². The third kappa shape index (κ3) is 0.753. The lowest BCUT2D eigenvalue weighted by atomic mass is 9.96. The molecule has 1 aromatic heterocycles. The summed E-state index contributed by atoms with van der Waals surface area (Å²) in [7, 11) is 0. The van der Waals surface area contributed by atoms with Gasteiger partial charge in [-0.05, 0) is 11.8 Å². The summed E-state index contributed by atoms with van der Waals surface area (Å²) in [5.74, 6) is 1.03. The van der Waals surface area contributed by atoms with Crippen LogP contribution in [0.15, 0.2) is 17.0 Å². The number of hydrogen-bond donors (Lipinski definition) is 0. The van der Waals surface area contributed by atoms with Crippen molar-refractivity contribution in [2.24, 2.45) is 5.41 Å². The SMILES string of the molecule is CC1(C)CC1(C)c1cnco1. The van der Waals surface area contributed by atoms with Crippen LogP contribution in [-0.4, -0.2) is 4.98 Å². The molecule has 1 saturated carbocycles. The van der Waals surface area contributed by atoms with E-state index in [2.05, 4.69) is 25.8 Å². The van der Waals surface area contributed by atoms with Gasteiger partial charge in [0, 0.05) is 5.41 Å². The summed E-state index contributed by atoms with van der Waals surface area (Å²) >= 11 is 0. The molecule has 0 amide bonds. The Bertz CT molecular complexity index is 263. The molecule has 0 spiro atoms. The van der Waals surface area contributed by atoms with E-state index >= 15 is 0 Å². The summed E-state index contributed by atoms with van der Waals surface area (Å²) in [6.07, 6.45) is 4.54. The highest BCUT2D eigenvalue weighted by molar-refractivity contribution is 5.26. The molecule has 1 atom stereocenters. The molecule has 2 nitrogen and oxygen atoms in total. The zero-order valence-corrected chi connectivity index (χ0v) is 7.22. The van der Waals surface area contributed by atoms with Gasteiger partial charge >= 0.3 is 0 Å². The minimum atomic E-state index is 0.240. The Morgan fingerprint density at radius 2 is 2.09 bits per heavy atom. The van der Waals surface area contributed by atoms with Gasteiger partial charge in [-0.2, -0.15) is 0 Å². The Balaban J connectivity index is 2.33. The van der Waals surface area contributed by atoms with Crippen LogP contribution in [0, 0.1) is 5.41 Å². The fourth-order valence-corrected chi connectivity index (χ4v) is 1.75. The van der Waals surface area contributed by atoms with Gasteiger partial charge in [-0.25, -0.2) is 4.98 Å². The highest BCUT2D eigenvalue weighted by Crippen LogP contribution is 2.63. The summed E-state index contributed by atoms with van der Waals surface area (Å²) in [4.78, 5) is 3.93. The van der Waals surface area contributed by atoms with Crippen LogP contribution in [0.4, 0.5) is 0 Å². The molecule has 11 heavy (non-hydrogen) atoms. The van der Waals surface area contributed by atoms with E-state index in [1.807, 2.05) is 6.20 Å². The third-order valence-corrected chi connectivity index (χ3v) is 3.14. The number of hydrogen-bond acceptors (Lipinski definition) is 2. The molecule has 2 heteroatoms. The molecule has 1 heterocycles. The van der Waals surface area contributed by atoms with Crippen molar-refractivity contribution >= 4 is 0 Å². The lowest BCUT2D eigenvalue weighted by molar-refractivity contribution is 0.411. The molecular weight excluding hydrogens is 138 g/mol. The molecule has 0 aromatic carbocycles. The molecular formula is C9H13NO. The van der Waals surface area contributed by atoms with Crippen molar-refractivity contribution in [3.63, 3.8) is 0 Å². The first-order chi connectivity index (χ1) is 5.06. The Morgan fingerprint density at radius 1 is 1.45 bits per heavy atom. The molecule has 1 aromatic rings. The van der Waals surface area contributed by atoms with Crippen LogP contribution in [0.1, 0.15) is 33.0 Å². The predicted molar refractivity (Wildman–Crippen MR) is 42.3 cm³/mol. The van der Waals surface area contributed by atoms with E-state index in [1.54, 1.807) is 0 Å². The molecule has 0 aliphatic heterocycles. The van der Waals surface area contributed by atoms with E-state index in [4.69, 9.17) is 4.42 Å². The Morgan fingerprint density at radius 3 is 2.45 bits per heavy atom. The Kier molecular flexibility index (Phi) is 1.05. The largest absolute Gasteiger partial charge is 0.448 e. The lowest BCUT2D eigenvalue weighted by Crippen LogP contribution is -2.07. The maximum Gasteiger partial charge on any atom is 0.180 e. The quantitative estimate of drug-likeness (QED) is 0.615. The van der Waals surface area contributed by atoms with Crippen molar-refractivity contribution in [3.8, 4) is 0 Å². The van der Waals surface area contributed by atoms with Crippen LogP contribution in [0.3, 0.4) is 0 Å². The fourth-order valence-electron chi connectivity index (χ4n) is 1.75. The van der Waals surface area contributed by atoms with E-state index in [0.717, 1.165) is 5.76 Å². The van der Waals surface area contributed by atoms with E-state index in [1.165, 1.54) is 12.8 Å². The average molecular weight is 151 g/mol. The number of oxazole rings is 1. The van der Waals surface area contributed by atoms with Crippen molar-refractivity contribution in [1.29, 1.82) is 0 Å². The number of nitrogens with zero attached hydrogens (tertiary/aromatic N) is 1. The smallest absolute Gasteiger partial charge is 0.180 e. The highest BCUT2D eigenvalue weighted by atomic mass is 16.3. The van der Waals surface area contributed by atoms with Gasteiger partial charge in [0.15, 0.2) is 6.39 Å². The fraction of sp³-hybridized carbons (Fsp3) is 0.667. The highest BCUT2D eigenvalue weighted by Gasteiger charge is 2.60. The summed E-state index contributed by atoms with van der Waals surface area (Å²) in [6, 6.07) is 0. The second kappa shape index (κ2) is 1.68. The Hall–Kier alpha value is -0.790. The summed E-state index contributed by atoms with van der Waals surface area (Å²) < 4.78 is 5.28. The van der Waals surface area contributed by atoms with Crippen LogP contribution < -0.4 is 0 Å². The topological polar surface area (TPSA) is 26.0 Å². The van der Waals surface area contributed by atoms with Gasteiger partial charge in [-0.1, -0.05) is 20.8 Å². The van der Waals surface area contributed by atoms with Crippen molar-refractivity contribution in [2.75, 3.05) is 0 Å². The van der Waals surface area contributed by atoms with E-state index in [-0.39, 0.29) is 5.41 Å². The molecule has 2 rings (SSSR count). The zero-order chi connectivity index (χ0) is 8.11. The molecule has 60 valence electrons. The van der Waals surface area contributed by atoms with Crippen LogP contribution in [0.5, 0.6) is 0 Å². The van der Waals surface area contributed by atoms with Crippen LogP contribution in [-0.2, 0) is 5.41 Å². The van der Waals surface area contributed by atoms with E-state index < -0.39 is 0 Å². The molecule has 0 radical (unpaired) electrons. The first-order valence-electron chi connectivity index (χ1n) is 3.95. The van der Waals surface area contributed by atoms with Crippen molar-refractivity contribution in [3.05, 3.63) is 18.4 Å². The first-order valence-corrected chi connectivity index (χ1v) is 3.95. The molecule has 0 bridgehead atoms. The minimum Gasteiger partial charge on any atom is -0.448 e. The summed E-state index contributed by atoms with van der Waals surface area (Å²) in [5, 5.41) is 0. The normalized spacial score (nSPS) is 33.7. The zero-order valence-electron chi connectivity index (χ0n) is 7.22. The number of aromatic nitrogens is 1. The molecule has 0 saturated heterocycles. The molecule has 1 aliphatic rings. The monoisotopic (exact) mass is 151 g/mol. The second-order valence-electron chi connectivity index (χ2n) is 4.26. The van der Waals surface area contributed by atoms with Crippen molar-refractivity contribution in [2.45, 2.75) is 32.6 Å². The first kappa shape index (κ1) is 6.89. The van der Waals surface area contributed by atoms with Gasteiger partial charge in [0.05, 0.1) is 6.20 Å².